The molecule has 0 rings (SSSR count). The third kappa shape index (κ3) is 4.26. The van der Waals surface area contributed by atoms with Crippen LogP contribution in [-0.2, 0) is 0 Å². The van der Waals surface area contributed by atoms with Crippen molar-refractivity contribution < 1.29 is 0 Å². The van der Waals surface area contributed by atoms with E-state index in [1.807, 2.05) is 6.92 Å². The highest BCUT2D eigenvalue weighted by atomic mass is 31.0. The average molecular weight is 131 g/mol. The van der Waals surface area contributed by atoms with Crippen LogP contribution in [0.15, 0.2) is 4.76 Å². The van der Waals surface area contributed by atoms with Crippen molar-refractivity contribution in [2.45, 2.75) is 27.2 Å². The van der Waals surface area contributed by atoms with Gasteiger partial charge in [-0.15, -0.1) is 0 Å². The third-order valence-electron chi connectivity index (χ3n) is 0.924. The molecule has 0 heterocycles. The molecule has 0 aliphatic heterocycles. The zero-order chi connectivity index (χ0) is 6.57. The third-order valence-corrected chi connectivity index (χ3v) is 1.36. The molecule has 0 N–H and O–H groups in total. The van der Waals surface area contributed by atoms with Crippen molar-refractivity contribution in [3.63, 3.8) is 0 Å². The Hall–Kier alpha value is 0.100. The molecule has 1 atom stereocenters. The molecule has 0 amide bonds. The topological polar surface area (TPSA) is 12.4 Å². The zero-order valence-corrected chi connectivity index (χ0v) is 6.96. The second kappa shape index (κ2) is 4.03. The van der Waals surface area contributed by atoms with Crippen molar-refractivity contribution in [2.75, 3.05) is 0 Å². The van der Waals surface area contributed by atoms with Gasteiger partial charge in [0.1, 0.15) is 0 Å². The fraction of sp³-hybridized carbons (Fsp3) is 0.833. The maximum absolute atomic E-state index is 3.96. The van der Waals surface area contributed by atoms with Crippen molar-refractivity contribution in [1.82, 2.24) is 0 Å². The molecule has 2 heteroatoms. The van der Waals surface area contributed by atoms with Crippen molar-refractivity contribution >= 4 is 15.1 Å². The number of nitrogens with zero attached hydrogens (tertiary/aromatic N) is 1. The monoisotopic (exact) mass is 131 g/mol. The van der Waals surface area contributed by atoms with E-state index in [2.05, 4.69) is 28.0 Å². The maximum Gasteiger partial charge on any atom is 0.0133 e. The van der Waals surface area contributed by atoms with Gasteiger partial charge in [0.05, 0.1) is 0 Å². The second-order valence-corrected chi connectivity index (χ2v) is 2.72. The van der Waals surface area contributed by atoms with E-state index in [4.69, 9.17) is 0 Å². The van der Waals surface area contributed by atoms with Crippen molar-refractivity contribution in [2.24, 2.45) is 10.7 Å². The summed E-state index contributed by atoms with van der Waals surface area (Å²) in [7, 11) is 2.37. The van der Waals surface area contributed by atoms with Crippen LogP contribution in [0.1, 0.15) is 27.2 Å². The molecular weight excluding hydrogens is 117 g/mol. The molecule has 0 fully saturated rings. The molecule has 0 aromatic carbocycles. The molecule has 1 nitrogen and oxygen atoms in total. The van der Waals surface area contributed by atoms with Crippen LogP contribution in [0.3, 0.4) is 0 Å². The highest BCUT2D eigenvalue weighted by Gasteiger charge is 1.93. The Morgan fingerprint density at radius 3 is 2.25 bits per heavy atom. The number of rotatable bonds is 2. The molecule has 0 aliphatic carbocycles. The van der Waals surface area contributed by atoms with Crippen LogP contribution < -0.4 is 0 Å². The molecule has 0 aromatic heterocycles. The van der Waals surface area contributed by atoms with Crippen LogP contribution in [0.25, 0.3) is 0 Å². The quantitative estimate of drug-likeness (QED) is 0.402. The molecule has 0 saturated heterocycles. The van der Waals surface area contributed by atoms with Crippen LogP contribution in [0.5, 0.6) is 0 Å². The van der Waals surface area contributed by atoms with Gasteiger partial charge in [-0.3, -0.25) is 4.76 Å². The van der Waals surface area contributed by atoms with Gasteiger partial charge in [-0.2, -0.15) is 0 Å². The van der Waals surface area contributed by atoms with Gasteiger partial charge in [0, 0.05) is 5.71 Å². The molecule has 0 saturated carbocycles. The lowest BCUT2D eigenvalue weighted by Crippen LogP contribution is -1.95. The lowest BCUT2D eigenvalue weighted by Gasteiger charge is -2.00. The van der Waals surface area contributed by atoms with E-state index in [0.717, 1.165) is 12.3 Å². The Morgan fingerprint density at radius 2 is 2.12 bits per heavy atom. The summed E-state index contributed by atoms with van der Waals surface area (Å²) in [5.41, 5.74) is 1.21. The van der Waals surface area contributed by atoms with Gasteiger partial charge in [-0.05, 0) is 28.7 Å². The predicted molar refractivity (Wildman–Crippen MR) is 42.3 cm³/mol. The summed E-state index contributed by atoms with van der Waals surface area (Å²) in [5.74, 6) is 0.735. The first-order chi connectivity index (χ1) is 3.66. The van der Waals surface area contributed by atoms with Crippen molar-refractivity contribution in [3.05, 3.63) is 0 Å². The summed E-state index contributed by atoms with van der Waals surface area (Å²) < 4.78 is 3.96. The van der Waals surface area contributed by atoms with E-state index in [0.29, 0.717) is 0 Å². The minimum atomic E-state index is 0.735. The molecule has 0 aliphatic rings. The van der Waals surface area contributed by atoms with E-state index in [-0.39, 0.29) is 0 Å². The smallest absolute Gasteiger partial charge is 0.0133 e. The lowest BCUT2D eigenvalue weighted by atomic mass is 10.1. The van der Waals surface area contributed by atoms with E-state index in [9.17, 15) is 0 Å². The highest BCUT2D eigenvalue weighted by Crippen LogP contribution is 2.02. The maximum atomic E-state index is 3.96. The van der Waals surface area contributed by atoms with E-state index in [1.54, 1.807) is 0 Å². The molecular formula is C6H14NP. The first-order valence-corrected chi connectivity index (χ1v) is 3.41. The Morgan fingerprint density at radius 1 is 1.62 bits per heavy atom. The normalized spacial score (nSPS) is 12.9. The Balaban J connectivity index is 3.39. The summed E-state index contributed by atoms with van der Waals surface area (Å²) >= 11 is 0. The predicted octanol–water partition coefficient (Wildman–Crippen LogP) is 2.28. The summed E-state index contributed by atoms with van der Waals surface area (Å²) in [6.45, 7) is 6.44. The molecule has 1 unspecified atom stereocenters. The molecule has 0 bridgehead atoms. The molecule has 0 radical (unpaired) electrons. The standard InChI is InChI=1S/C6H14NP/c1-5(2)4-6(3)7-8/h5H,4,8H2,1-3H3. The first kappa shape index (κ1) is 8.10. The van der Waals surface area contributed by atoms with Gasteiger partial charge in [0.25, 0.3) is 0 Å². The fourth-order valence-corrected chi connectivity index (χ4v) is 0.749. The minimum absolute atomic E-state index is 0.735. The van der Waals surface area contributed by atoms with Gasteiger partial charge in [-0.1, -0.05) is 13.8 Å². The Labute approximate surface area is 53.8 Å². The average Bonchev–Trinajstić information content (AvgIpc) is 1.65. The van der Waals surface area contributed by atoms with Crippen LogP contribution in [0, 0.1) is 5.92 Å². The van der Waals surface area contributed by atoms with Gasteiger partial charge >= 0.3 is 0 Å². The Kier molecular flexibility index (Phi) is 4.08. The second-order valence-electron chi connectivity index (χ2n) is 2.46. The molecule has 48 valence electrons. The lowest BCUT2D eigenvalue weighted by molar-refractivity contribution is 0.683. The molecule has 8 heavy (non-hydrogen) atoms. The van der Waals surface area contributed by atoms with E-state index in [1.165, 1.54) is 5.71 Å². The number of hydrogen-bond donors (Lipinski definition) is 0. The van der Waals surface area contributed by atoms with Crippen LogP contribution in [0.4, 0.5) is 0 Å². The summed E-state index contributed by atoms with van der Waals surface area (Å²) in [4.78, 5) is 0. The van der Waals surface area contributed by atoms with E-state index < -0.39 is 0 Å². The van der Waals surface area contributed by atoms with Crippen LogP contribution in [0.2, 0.25) is 0 Å². The summed E-state index contributed by atoms with van der Waals surface area (Å²) in [6, 6.07) is 0. The van der Waals surface area contributed by atoms with Crippen molar-refractivity contribution in [1.29, 1.82) is 0 Å². The number of hydrogen-bond acceptors (Lipinski definition) is 1. The molecule has 0 spiro atoms. The van der Waals surface area contributed by atoms with Gasteiger partial charge in [0.2, 0.25) is 0 Å². The highest BCUT2D eigenvalue weighted by molar-refractivity contribution is 7.15. The van der Waals surface area contributed by atoms with Crippen molar-refractivity contribution in [3.8, 4) is 0 Å². The van der Waals surface area contributed by atoms with Gasteiger partial charge < -0.3 is 0 Å². The zero-order valence-electron chi connectivity index (χ0n) is 5.81. The largest absolute Gasteiger partial charge is 0.277 e. The van der Waals surface area contributed by atoms with Crippen LogP contribution >= 0.6 is 9.39 Å². The summed E-state index contributed by atoms with van der Waals surface area (Å²) in [6.07, 6.45) is 1.11. The van der Waals surface area contributed by atoms with E-state index >= 15 is 0 Å². The Bertz CT molecular complexity index is 86.5. The SMILES string of the molecule is CC(CC(C)C)=NP. The van der Waals surface area contributed by atoms with Gasteiger partial charge in [-0.25, -0.2) is 0 Å². The fourth-order valence-electron chi connectivity index (χ4n) is 0.644. The minimum Gasteiger partial charge on any atom is -0.277 e. The first-order valence-electron chi connectivity index (χ1n) is 2.90. The van der Waals surface area contributed by atoms with Gasteiger partial charge in [0.15, 0.2) is 0 Å². The molecule has 0 aromatic rings. The van der Waals surface area contributed by atoms with Crippen LogP contribution in [-0.4, -0.2) is 5.71 Å². The summed E-state index contributed by atoms with van der Waals surface area (Å²) in [5, 5.41) is 0.